The van der Waals surface area contributed by atoms with E-state index in [-0.39, 0.29) is 19.4 Å². The average molecular weight is 635 g/mol. The van der Waals surface area contributed by atoms with Gasteiger partial charge in [0.15, 0.2) is 5.69 Å². The van der Waals surface area contributed by atoms with Crippen molar-refractivity contribution in [3.8, 4) is 0 Å². The molecule has 0 radical (unpaired) electrons. The Balaban J connectivity index is 1.54. The molecule has 0 spiro atoms. The quantitative estimate of drug-likeness (QED) is 0.187. The number of carbonyl (C=O) groups is 5. The molecule has 4 amide bonds. The Morgan fingerprint density at radius 1 is 1.11 bits per heavy atom. The van der Waals surface area contributed by atoms with Crippen LogP contribution in [0.15, 0.2) is 59.4 Å². The summed E-state index contributed by atoms with van der Waals surface area (Å²) >= 11 is 0. The molecular weight excluding hydrogens is 596 g/mol. The molecule has 3 atom stereocenters. The molecule has 1 aliphatic rings. The van der Waals surface area contributed by atoms with Crippen LogP contribution in [0.3, 0.4) is 0 Å². The molecule has 14 nitrogen and oxygen atoms in total. The van der Waals surface area contributed by atoms with E-state index in [1.165, 1.54) is 0 Å². The van der Waals surface area contributed by atoms with Gasteiger partial charge in [0.2, 0.25) is 17.7 Å². The van der Waals surface area contributed by atoms with Crippen LogP contribution in [0.5, 0.6) is 0 Å². The first-order valence-corrected chi connectivity index (χ1v) is 14.9. The number of nitrogens with zero attached hydrogens (tertiary/aromatic N) is 2. The van der Waals surface area contributed by atoms with Crippen LogP contribution in [0.1, 0.15) is 62.5 Å². The summed E-state index contributed by atoms with van der Waals surface area (Å²) in [5.41, 5.74) is 2.04. The lowest BCUT2D eigenvalue weighted by molar-refractivity contribution is -0.200. The van der Waals surface area contributed by atoms with Crippen molar-refractivity contribution in [2.24, 2.45) is 5.73 Å². The SMILES string of the molecule is CC(C)(C)OC(=O)[C@@]1(O)[C@@H](NC(=O)[C@H](CC(N)=O)NC(=O)c2nc3ccccc3[nH]c2=O)CCN1C(=O)CCCc1ccccc1. The van der Waals surface area contributed by atoms with Crippen LogP contribution >= 0.6 is 0 Å². The largest absolute Gasteiger partial charge is 0.456 e. The number of para-hydroxylation sites is 2. The van der Waals surface area contributed by atoms with Gasteiger partial charge in [0.25, 0.3) is 17.2 Å². The number of carbonyl (C=O) groups excluding carboxylic acids is 5. The third-order valence-corrected chi connectivity index (χ3v) is 7.40. The number of likely N-dealkylation sites (tertiary alicyclic amines) is 1. The van der Waals surface area contributed by atoms with Crippen LogP contribution in [-0.4, -0.2) is 79.5 Å². The molecule has 0 aliphatic carbocycles. The number of hydrogen-bond donors (Lipinski definition) is 5. The highest BCUT2D eigenvalue weighted by molar-refractivity contribution is 5.99. The summed E-state index contributed by atoms with van der Waals surface area (Å²) < 4.78 is 5.46. The lowest BCUT2D eigenvalue weighted by Gasteiger charge is -2.37. The summed E-state index contributed by atoms with van der Waals surface area (Å²) in [5.74, 6) is -4.68. The number of ether oxygens (including phenoxy) is 1. The van der Waals surface area contributed by atoms with Crippen LogP contribution in [-0.2, 0) is 30.3 Å². The molecule has 2 heterocycles. The Labute approximate surface area is 264 Å². The number of benzene rings is 2. The standard InChI is InChI=1S/C32H38N6O8/c1-31(2,3)46-30(44)32(45)23(16-17-38(32)25(40)15-9-12-19-10-5-4-6-11-19)37-27(41)22(18-24(33)39)36-29(43)26-28(42)35-21-14-8-7-13-20(21)34-26/h4-8,10-11,13-14,22-23,45H,9,12,15-18H2,1-3H3,(H2,33,39)(H,35,42)(H,36,43)(H,37,41)/t22-,23-,32-/m0/s1. The number of primary amides is 1. The zero-order valence-electron chi connectivity index (χ0n) is 25.9. The van der Waals surface area contributed by atoms with E-state index in [2.05, 4.69) is 20.6 Å². The van der Waals surface area contributed by atoms with Gasteiger partial charge in [-0.25, -0.2) is 9.78 Å². The zero-order chi connectivity index (χ0) is 33.6. The topological polar surface area (TPSA) is 214 Å². The summed E-state index contributed by atoms with van der Waals surface area (Å²) in [6.45, 7) is 4.67. The number of fused-ring (bicyclic) bond motifs is 1. The summed E-state index contributed by atoms with van der Waals surface area (Å²) in [7, 11) is 0. The molecule has 6 N–H and O–H groups in total. The third kappa shape index (κ3) is 7.93. The van der Waals surface area contributed by atoms with Crippen molar-refractivity contribution in [2.75, 3.05) is 6.54 Å². The number of esters is 1. The molecule has 1 aromatic heterocycles. The molecule has 46 heavy (non-hydrogen) atoms. The maximum Gasteiger partial charge on any atom is 0.362 e. The minimum absolute atomic E-state index is 0.00826. The Morgan fingerprint density at radius 2 is 1.78 bits per heavy atom. The van der Waals surface area contributed by atoms with Crippen molar-refractivity contribution in [2.45, 2.75) is 76.3 Å². The number of aromatic amines is 1. The highest BCUT2D eigenvalue weighted by Gasteiger charge is 2.58. The molecule has 1 fully saturated rings. The van der Waals surface area contributed by atoms with Crippen molar-refractivity contribution in [1.82, 2.24) is 25.5 Å². The highest BCUT2D eigenvalue weighted by atomic mass is 16.6. The van der Waals surface area contributed by atoms with Crippen LogP contribution in [0.4, 0.5) is 0 Å². The monoisotopic (exact) mass is 634 g/mol. The van der Waals surface area contributed by atoms with Crippen molar-refractivity contribution in [1.29, 1.82) is 0 Å². The van der Waals surface area contributed by atoms with E-state index in [1.54, 1.807) is 45.0 Å². The van der Waals surface area contributed by atoms with Gasteiger partial charge in [-0.3, -0.25) is 24.0 Å². The van der Waals surface area contributed by atoms with E-state index >= 15 is 0 Å². The van der Waals surface area contributed by atoms with E-state index in [4.69, 9.17) is 10.5 Å². The van der Waals surface area contributed by atoms with E-state index in [9.17, 15) is 33.9 Å². The number of rotatable bonds is 11. The number of hydrogen-bond acceptors (Lipinski definition) is 9. The maximum atomic E-state index is 13.5. The second-order valence-electron chi connectivity index (χ2n) is 12.1. The van der Waals surface area contributed by atoms with Crippen molar-refractivity contribution < 1.29 is 33.8 Å². The molecule has 14 heteroatoms. The molecule has 1 saturated heterocycles. The van der Waals surface area contributed by atoms with E-state index in [0.717, 1.165) is 10.5 Å². The molecule has 0 saturated carbocycles. The smallest absolute Gasteiger partial charge is 0.362 e. The first kappa shape index (κ1) is 33.8. The van der Waals surface area contributed by atoms with Crippen molar-refractivity contribution in [3.05, 3.63) is 76.2 Å². The van der Waals surface area contributed by atoms with Gasteiger partial charge >= 0.3 is 5.97 Å². The van der Waals surface area contributed by atoms with Gasteiger partial charge in [-0.15, -0.1) is 0 Å². The lowest BCUT2D eigenvalue weighted by Crippen LogP contribution is -2.65. The Bertz CT molecular complexity index is 1690. The fourth-order valence-electron chi connectivity index (χ4n) is 5.23. The van der Waals surface area contributed by atoms with E-state index in [1.807, 2.05) is 30.3 Å². The highest BCUT2D eigenvalue weighted by Crippen LogP contribution is 2.32. The minimum atomic E-state index is -2.59. The van der Waals surface area contributed by atoms with E-state index in [0.29, 0.717) is 23.9 Å². The van der Waals surface area contributed by atoms with Crippen LogP contribution in [0.2, 0.25) is 0 Å². The Hall–Kier alpha value is -5.11. The van der Waals surface area contributed by atoms with Crippen LogP contribution in [0.25, 0.3) is 11.0 Å². The first-order chi connectivity index (χ1) is 21.7. The fraction of sp³-hybridized carbons (Fsp3) is 0.406. The van der Waals surface area contributed by atoms with Crippen LogP contribution in [0, 0.1) is 0 Å². The molecular formula is C32H38N6O8. The van der Waals surface area contributed by atoms with Crippen LogP contribution < -0.4 is 21.9 Å². The summed E-state index contributed by atoms with van der Waals surface area (Å²) in [6, 6.07) is 13.0. The molecule has 0 bridgehead atoms. The minimum Gasteiger partial charge on any atom is -0.456 e. The van der Waals surface area contributed by atoms with Crippen molar-refractivity contribution in [3.63, 3.8) is 0 Å². The Morgan fingerprint density at radius 3 is 2.46 bits per heavy atom. The number of aliphatic hydroxyl groups is 1. The lowest BCUT2D eigenvalue weighted by atomic mass is 10.0. The second kappa shape index (κ2) is 13.9. The number of nitrogens with one attached hydrogen (secondary N) is 3. The van der Waals surface area contributed by atoms with Crippen molar-refractivity contribution >= 4 is 40.6 Å². The number of H-pyrrole nitrogens is 1. The second-order valence-corrected chi connectivity index (χ2v) is 12.1. The molecule has 244 valence electrons. The Kier molecular flexibility index (Phi) is 10.2. The normalized spacial score (nSPS) is 18.5. The molecule has 3 aromatic rings. The fourth-order valence-corrected chi connectivity index (χ4v) is 5.23. The zero-order valence-corrected chi connectivity index (χ0v) is 25.9. The van der Waals surface area contributed by atoms with Gasteiger partial charge in [-0.05, 0) is 57.7 Å². The number of amides is 4. The van der Waals surface area contributed by atoms with Gasteiger partial charge in [0.1, 0.15) is 11.6 Å². The third-order valence-electron chi connectivity index (χ3n) is 7.40. The predicted molar refractivity (Wildman–Crippen MR) is 166 cm³/mol. The average Bonchev–Trinajstić information content (AvgIpc) is 3.32. The predicted octanol–water partition coefficient (Wildman–Crippen LogP) is 0.667. The number of nitrogens with two attached hydrogens (primary N) is 1. The van der Waals surface area contributed by atoms with Gasteiger partial charge in [0, 0.05) is 13.0 Å². The van der Waals surface area contributed by atoms with Gasteiger partial charge in [-0.2, -0.15) is 0 Å². The maximum absolute atomic E-state index is 13.5. The molecule has 0 unspecified atom stereocenters. The first-order valence-electron chi connectivity index (χ1n) is 14.9. The molecule has 1 aliphatic heterocycles. The molecule has 4 rings (SSSR count). The number of aromatic nitrogens is 2. The van der Waals surface area contributed by atoms with Gasteiger partial charge in [0.05, 0.1) is 23.5 Å². The number of aryl methyl sites for hydroxylation is 1. The summed E-state index contributed by atoms with van der Waals surface area (Å²) in [5, 5.41) is 16.6. The van der Waals surface area contributed by atoms with E-state index < -0.39 is 70.7 Å². The van der Waals surface area contributed by atoms with Gasteiger partial charge in [-0.1, -0.05) is 42.5 Å². The van der Waals surface area contributed by atoms with Gasteiger partial charge < -0.3 is 36.1 Å². The molecule has 2 aromatic carbocycles. The summed E-state index contributed by atoms with van der Waals surface area (Å²) in [6.07, 6.45) is 0.316. The summed E-state index contributed by atoms with van der Waals surface area (Å²) in [4.78, 5) is 85.4.